The summed E-state index contributed by atoms with van der Waals surface area (Å²) in [6.45, 7) is 3.02. The molecule has 0 heterocycles. The smallest absolute Gasteiger partial charge is 0.0676 e. The lowest BCUT2D eigenvalue weighted by molar-refractivity contribution is 0.223. The van der Waals surface area contributed by atoms with E-state index >= 15 is 0 Å². The molecule has 0 aliphatic rings. The van der Waals surface area contributed by atoms with E-state index in [2.05, 4.69) is 43.3 Å². The first-order chi connectivity index (χ1) is 9.36. The lowest BCUT2D eigenvalue weighted by Crippen LogP contribution is -1.95. The van der Waals surface area contributed by atoms with Crippen molar-refractivity contribution in [3.05, 3.63) is 41.5 Å². The van der Waals surface area contributed by atoms with Crippen molar-refractivity contribution in [3.8, 4) is 0 Å². The molecule has 0 aliphatic heterocycles. The van der Waals surface area contributed by atoms with Crippen LogP contribution in [0.3, 0.4) is 0 Å². The molecule has 0 spiro atoms. The molecule has 0 aliphatic carbocycles. The molecule has 1 nitrogen and oxygen atoms in total. The number of rotatable bonds is 10. The molecule has 0 amide bonds. The Morgan fingerprint density at radius 2 is 1.68 bits per heavy atom. The van der Waals surface area contributed by atoms with Crippen LogP contribution in [0.25, 0.3) is 6.08 Å². The number of unbranched alkanes of at least 4 members (excludes halogenated alkanes) is 5. The molecule has 0 atom stereocenters. The molecule has 0 saturated heterocycles. The van der Waals surface area contributed by atoms with Crippen molar-refractivity contribution in [3.63, 3.8) is 0 Å². The topological polar surface area (TPSA) is 9.23 Å². The quantitative estimate of drug-likeness (QED) is 0.507. The van der Waals surface area contributed by atoms with Crippen molar-refractivity contribution in [2.24, 2.45) is 0 Å². The van der Waals surface area contributed by atoms with E-state index in [-0.39, 0.29) is 0 Å². The van der Waals surface area contributed by atoms with Gasteiger partial charge in [0, 0.05) is 7.11 Å². The van der Waals surface area contributed by atoms with E-state index in [1.165, 1.54) is 49.7 Å². The van der Waals surface area contributed by atoms with Gasteiger partial charge in [-0.2, -0.15) is 0 Å². The maximum atomic E-state index is 5.30. The van der Waals surface area contributed by atoms with E-state index < -0.39 is 0 Å². The normalized spacial score (nSPS) is 11.8. The van der Waals surface area contributed by atoms with Crippen LogP contribution in [-0.4, -0.2) is 13.7 Å². The number of ether oxygens (including phenoxy) is 1. The maximum Gasteiger partial charge on any atom is 0.0676 e. The van der Waals surface area contributed by atoms with Crippen molar-refractivity contribution in [1.29, 1.82) is 0 Å². The van der Waals surface area contributed by atoms with Gasteiger partial charge in [0.25, 0.3) is 0 Å². The monoisotopic (exact) mass is 260 g/mol. The molecule has 1 aromatic carbocycles. The first-order valence-corrected chi connectivity index (χ1v) is 7.60. The van der Waals surface area contributed by atoms with E-state index in [1.807, 2.05) is 0 Å². The maximum absolute atomic E-state index is 5.30. The Morgan fingerprint density at radius 3 is 2.37 bits per heavy atom. The number of hydrogen-bond donors (Lipinski definition) is 0. The average Bonchev–Trinajstić information content (AvgIpc) is 2.44. The van der Waals surface area contributed by atoms with Gasteiger partial charge in [-0.1, -0.05) is 75.4 Å². The van der Waals surface area contributed by atoms with Gasteiger partial charge in [-0.25, -0.2) is 0 Å². The van der Waals surface area contributed by atoms with E-state index in [4.69, 9.17) is 4.74 Å². The number of hydrogen-bond acceptors (Lipinski definition) is 1. The zero-order chi connectivity index (χ0) is 13.8. The Bertz CT molecular complexity index is 340. The number of methoxy groups -OCH3 is 1. The average molecular weight is 260 g/mol. The second-order valence-electron chi connectivity index (χ2n) is 5.16. The van der Waals surface area contributed by atoms with Crippen molar-refractivity contribution in [2.75, 3.05) is 13.7 Å². The van der Waals surface area contributed by atoms with Crippen LogP contribution in [-0.2, 0) is 4.74 Å². The molecule has 0 bridgehead atoms. The standard InChI is InChI=1S/C18H28O/c1-3-4-5-6-7-9-14-18(16-19-2)15-17-12-10-8-11-13-17/h8,10-13,15H,3-7,9,14,16H2,1-2H3. The predicted octanol–water partition coefficient (Wildman–Crippen LogP) is 5.47. The van der Waals surface area contributed by atoms with Crippen LogP contribution in [0.15, 0.2) is 35.9 Å². The third kappa shape index (κ3) is 7.84. The van der Waals surface area contributed by atoms with E-state index in [0.29, 0.717) is 0 Å². The fourth-order valence-electron chi connectivity index (χ4n) is 2.29. The summed E-state index contributed by atoms with van der Waals surface area (Å²) in [5.74, 6) is 0. The lowest BCUT2D eigenvalue weighted by atomic mass is 10.0. The molecule has 0 saturated carbocycles. The Balaban J connectivity index is 2.34. The molecule has 1 aromatic rings. The molecule has 1 rings (SSSR count). The van der Waals surface area contributed by atoms with Gasteiger partial charge in [-0.3, -0.25) is 0 Å². The molecular weight excluding hydrogens is 232 g/mol. The summed E-state index contributed by atoms with van der Waals surface area (Å²) in [4.78, 5) is 0. The largest absolute Gasteiger partial charge is 0.380 e. The van der Waals surface area contributed by atoms with Gasteiger partial charge < -0.3 is 4.74 Å². The molecule has 0 fully saturated rings. The highest BCUT2D eigenvalue weighted by atomic mass is 16.5. The van der Waals surface area contributed by atoms with Crippen LogP contribution in [0, 0.1) is 0 Å². The Labute approximate surface area is 118 Å². The van der Waals surface area contributed by atoms with Crippen molar-refractivity contribution in [1.82, 2.24) is 0 Å². The second kappa shape index (κ2) is 10.8. The molecule has 0 N–H and O–H groups in total. The van der Waals surface area contributed by atoms with Crippen molar-refractivity contribution >= 4 is 6.08 Å². The molecular formula is C18H28O. The fraction of sp³-hybridized carbons (Fsp3) is 0.556. The summed E-state index contributed by atoms with van der Waals surface area (Å²) in [5, 5.41) is 0. The van der Waals surface area contributed by atoms with E-state index in [0.717, 1.165) is 13.0 Å². The predicted molar refractivity (Wildman–Crippen MR) is 84.3 cm³/mol. The summed E-state index contributed by atoms with van der Waals surface area (Å²) in [7, 11) is 1.78. The van der Waals surface area contributed by atoms with Gasteiger partial charge in [0.05, 0.1) is 6.61 Å². The molecule has 1 heteroatoms. The minimum atomic E-state index is 0.754. The minimum Gasteiger partial charge on any atom is -0.380 e. The van der Waals surface area contributed by atoms with Crippen LogP contribution < -0.4 is 0 Å². The van der Waals surface area contributed by atoms with E-state index in [1.54, 1.807) is 7.11 Å². The van der Waals surface area contributed by atoms with Crippen LogP contribution in [0.1, 0.15) is 57.4 Å². The van der Waals surface area contributed by atoms with Crippen LogP contribution in [0.4, 0.5) is 0 Å². The van der Waals surface area contributed by atoms with Gasteiger partial charge >= 0.3 is 0 Å². The zero-order valence-corrected chi connectivity index (χ0v) is 12.5. The van der Waals surface area contributed by atoms with Crippen molar-refractivity contribution < 1.29 is 4.74 Å². The summed E-state index contributed by atoms with van der Waals surface area (Å²) >= 11 is 0. The minimum absolute atomic E-state index is 0.754. The van der Waals surface area contributed by atoms with Crippen LogP contribution in [0.2, 0.25) is 0 Å². The highest BCUT2D eigenvalue weighted by Gasteiger charge is 1.98. The summed E-state index contributed by atoms with van der Waals surface area (Å²) in [5.41, 5.74) is 2.68. The first-order valence-electron chi connectivity index (χ1n) is 7.60. The van der Waals surface area contributed by atoms with Gasteiger partial charge in [-0.05, 0) is 24.0 Å². The molecule has 0 aromatic heterocycles. The molecule has 19 heavy (non-hydrogen) atoms. The third-order valence-electron chi connectivity index (χ3n) is 3.35. The van der Waals surface area contributed by atoms with Gasteiger partial charge in [0.1, 0.15) is 0 Å². The van der Waals surface area contributed by atoms with E-state index in [9.17, 15) is 0 Å². The van der Waals surface area contributed by atoms with Gasteiger partial charge in [-0.15, -0.1) is 0 Å². The lowest BCUT2D eigenvalue weighted by Gasteiger charge is -2.07. The number of benzene rings is 1. The summed E-state index contributed by atoms with van der Waals surface area (Å²) in [6, 6.07) is 10.5. The van der Waals surface area contributed by atoms with Crippen LogP contribution >= 0.6 is 0 Å². The fourth-order valence-corrected chi connectivity index (χ4v) is 2.29. The Morgan fingerprint density at radius 1 is 1.00 bits per heavy atom. The molecule has 0 radical (unpaired) electrons. The SMILES string of the molecule is CCCCCCCCC(=Cc1ccccc1)COC. The van der Waals surface area contributed by atoms with Crippen molar-refractivity contribution in [2.45, 2.75) is 51.9 Å². The van der Waals surface area contributed by atoms with Crippen LogP contribution in [0.5, 0.6) is 0 Å². The van der Waals surface area contributed by atoms with Gasteiger partial charge in [0.15, 0.2) is 0 Å². The first kappa shape index (κ1) is 16.0. The molecule has 0 unspecified atom stereocenters. The second-order valence-corrected chi connectivity index (χ2v) is 5.16. The highest BCUT2D eigenvalue weighted by molar-refractivity contribution is 5.52. The summed E-state index contributed by atoms with van der Waals surface area (Å²) in [6.07, 6.45) is 11.5. The Hall–Kier alpha value is -1.08. The van der Waals surface area contributed by atoms with Gasteiger partial charge in [0.2, 0.25) is 0 Å². The highest BCUT2D eigenvalue weighted by Crippen LogP contribution is 2.15. The summed E-state index contributed by atoms with van der Waals surface area (Å²) < 4.78 is 5.30. The molecule has 106 valence electrons. The Kier molecular flexibility index (Phi) is 9.09. The third-order valence-corrected chi connectivity index (χ3v) is 3.35. The zero-order valence-electron chi connectivity index (χ0n) is 12.5.